The van der Waals surface area contributed by atoms with Crippen LogP contribution in [0, 0.1) is 6.92 Å². The third-order valence-corrected chi connectivity index (χ3v) is 5.23. The molecule has 2 aliphatic rings. The Labute approximate surface area is 128 Å². The zero-order valence-electron chi connectivity index (χ0n) is 13.2. The Morgan fingerprint density at radius 2 is 1.76 bits per heavy atom. The number of aliphatic hydroxyl groups is 1. The minimum Gasteiger partial charge on any atom is -0.387 e. The third kappa shape index (κ3) is 3.65. The van der Waals surface area contributed by atoms with Crippen LogP contribution in [-0.4, -0.2) is 53.7 Å². The fraction of sp³-hybridized carbons (Fsp3) is 0.667. The van der Waals surface area contributed by atoms with E-state index in [4.69, 9.17) is 0 Å². The fourth-order valence-electron chi connectivity index (χ4n) is 3.88. The lowest BCUT2D eigenvalue weighted by Crippen LogP contribution is -2.50. The number of hydrogen-bond donors (Lipinski definition) is 1. The van der Waals surface area contributed by atoms with Gasteiger partial charge < -0.3 is 5.11 Å². The quantitative estimate of drug-likeness (QED) is 0.922. The van der Waals surface area contributed by atoms with Gasteiger partial charge in [0.15, 0.2) is 0 Å². The van der Waals surface area contributed by atoms with Gasteiger partial charge in [0.25, 0.3) is 0 Å². The van der Waals surface area contributed by atoms with E-state index >= 15 is 0 Å². The lowest BCUT2D eigenvalue weighted by molar-refractivity contribution is 0.0568. The summed E-state index contributed by atoms with van der Waals surface area (Å²) in [5.41, 5.74) is 2.27. The molecule has 0 bridgehead atoms. The van der Waals surface area contributed by atoms with Gasteiger partial charge in [0.05, 0.1) is 6.10 Å². The van der Waals surface area contributed by atoms with Crippen molar-refractivity contribution in [3.05, 3.63) is 35.4 Å². The summed E-state index contributed by atoms with van der Waals surface area (Å²) in [6.45, 7) is 7.38. The second kappa shape index (κ2) is 6.91. The minimum absolute atomic E-state index is 0.357. The van der Waals surface area contributed by atoms with Gasteiger partial charge >= 0.3 is 0 Å². The van der Waals surface area contributed by atoms with Crippen LogP contribution in [0.5, 0.6) is 0 Å². The second-order valence-electron chi connectivity index (χ2n) is 6.65. The van der Waals surface area contributed by atoms with Crippen LogP contribution >= 0.6 is 0 Å². The molecule has 1 heterocycles. The summed E-state index contributed by atoms with van der Waals surface area (Å²) in [5.74, 6) is 0. The van der Waals surface area contributed by atoms with E-state index in [-0.39, 0.29) is 6.10 Å². The maximum absolute atomic E-state index is 10.5. The van der Waals surface area contributed by atoms with Crippen LogP contribution in [-0.2, 0) is 0 Å². The predicted molar refractivity (Wildman–Crippen MR) is 86.4 cm³/mol. The molecule has 0 amide bonds. The summed E-state index contributed by atoms with van der Waals surface area (Å²) in [6, 6.07) is 9.02. The molecule has 1 atom stereocenters. The number of aliphatic hydroxyl groups excluding tert-OH is 1. The van der Waals surface area contributed by atoms with Gasteiger partial charge in [-0.15, -0.1) is 0 Å². The van der Waals surface area contributed by atoms with Crippen molar-refractivity contribution in [1.29, 1.82) is 0 Å². The lowest BCUT2D eigenvalue weighted by Gasteiger charge is -2.38. The molecule has 3 nitrogen and oxygen atoms in total. The van der Waals surface area contributed by atoms with E-state index in [1.807, 2.05) is 12.1 Å². The van der Waals surface area contributed by atoms with Crippen LogP contribution in [0.25, 0.3) is 0 Å². The maximum Gasteiger partial charge on any atom is 0.0919 e. The van der Waals surface area contributed by atoms with E-state index < -0.39 is 0 Å². The van der Waals surface area contributed by atoms with Gasteiger partial charge in [0.1, 0.15) is 0 Å². The van der Waals surface area contributed by atoms with Gasteiger partial charge in [-0.2, -0.15) is 0 Å². The first-order valence-corrected chi connectivity index (χ1v) is 8.44. The van der Waals surface area contributed by atoms with Crippen LogP contribution < -0.4 is 0 Å². The van der Waals surface area contributed by atoms with Crippen LogP contribution in [0.15, 0.2) is 24.3 Å². The van der Waals surface area contributed by atoms with E-state index in [0.717, 1.165) is 31.2 Å². The Kier molecular flexibility index (Phi) is 4.94. The van der Waals surface area contributed by atoms with E-state index in [1.54, 1.807) is 0 Å². The number of β-amino-alcohol motifs (C(OH)–C–C–N with tert-alkyl or cyclic N) is 1. The molecule has 3 heteroatoms. The lowest BCUT2D eigenvalue weighted by atomic mass is 10.0. The van der Waals surface area contributed by atoms with Gasteiger partial charge in [-0.3, -0.25) is 9.80 Å². The summed E-state index contributed by atoms with van der Waals surface area (Å²) in [7, 11) is 0. The van der Waals surface area contributed by atoms with Gasteiger partial charge in [-0.05, 0) is 30.9 Å². The van der Waals surface area contributed by atoms with E-state index in [2.05, 4.69) is 28.9 Å². The molecule has 21 heavy (non-hydrogen) atoms. The number of benzene rings is 1. The van der Waals surface area contributed by atoms with Crippen molar-refractivity contribution in [2.24, 2.45) is 0 Å². The molecule has 1 aromatic rings. The van der Waals surface area contributed by atoms with Crippen molar-refractivity contribution in [2.45, 2.75) is 44.8 Å². The average molecular weight is 288 g/mol. The van der Waals surface area contributed by atoms with Crippen LogP contribution in [0.1, 0.15) is 42.9 Å². The zero-order chi connectivity index (χ0) is 14.7. The highest BCUT2D eigenvalue weighted by Gasteiger charge is 2.27. The monoisotopic (exact) mass is 288 g/mol. The molecule has 1 aromatic carbocycles. The molecule has 0 aromatic heterocycles. The molecule has 1 unspecified atom stereocenters. The first-order valence-electron chi connectivity index (χ1n) is 8.44. The summed E-state index contributed by atoms with van der Waals surface area (Å²) in [6.07, 6.45) is 5.26. The summed E-state index contributed by atoms with van der Waals surface area (Å²) in [5, 5.41) is 10.5. The topological polar surface area (TPSA) is 26.7 Å². The van der Waals surface area contributed by atoms with Crippen molar-refractivity contribution in [2.75, 3.05) is 32.7 Å². The molecular weight excluding hydrogens is 260 g/mol. The smallest absolute Gasteiger partial charge is 0.0919 e. The molecule has 0 radical (unpaired) electrons. The highest BCUT2D eigenvalue weighted by molar-refractivity contribution is 5.27. The van der Waals surface area contributed by atoms with Crippen molar-refractivity contribution >= 4 is 0 Å². The Bertz CT molecular complexity index is 448. The Hall–Kier alpha value is -0.900. The standard InChI is InChI=1S/C18H28N2O/c1-15-6-2-5-9-17(15)18(21)14-19-10-12-20(13-11-19)16-7-3-4-8-16/h2,5-6,9,16,18,21H,3-4,7-8,10-14H2,1H3. The first kappa shape index (κ1) is 15.0. The molecule has 116 valence electrons. The Balaban J connectivity index is 1.50. The molecule has 1 N–H and O–H groups in total. The first-order chi connectivity index (χ1) is 10.2. The number of aryl methyl sites for hydroxylation is 1. The fourth-order valence-corrected chi connectivity index (χ4v) is 3.88. The summed E-state index contributed by atoms with van der Waals surface area (Å²) >= 11 is 0. The number of nitrogens with zero attached hydrogens (tertiary/aromatic N) is 2. The zero-order valence-corrected chi connectivity index (χ0v) is 13.2. The summed E-state index contributed by atoms with van der Waals surface area (Å²) in [4.78, 5) is 5.09. The normalized spacial score (nSPS) is 23.5. The molecule has 2 fully saturated rings. The molecule has 1 aliphatic carbocycles. The average Bonchev–Trinajstić information content (AvgIpc) is 3.02. The van der Waals surface area contributed by atoms with Crippen molar-refractivity contribution < 1.29 is 5.11 Å². The second-order valence-corrected chi connectivity index (χ2v) is 6.65. The molecule has 1 saturated heterocycles. The van der Waals surface area contributed by atoms with Crippen molar-refractivity contribution in [3.63, 3.8) is 0 Å². The minimum atomic E-state index is -0.357. The number of piperazine rings is 1. The van der Waals surface area contributed by atoms with Gasteiger partial charge in [-0.25, -0.2) is 0 Å². The van der Waals surface area contributed by atoms with E-state index in [1.165, 1.54) is 44.3 Å². The SMILES string of the molecule is Cc1ccccc1C(O)CN1CCN(C2CCCC2)CC1. The van der Waals surface area contributed by atoms with Crippen LogP contribution in [0.2, 0.25) is 0 Å². The molecular formula is C18H28N2O. The number of rotatable bonds is 4. The van der Waals surface area contributed by atoms with Gasteiger partial charge in [-0.1, -0.05) is 37.1 Å². The molecule has 1 aliphatic heterocycles. The summed E-state index contributed by atoms with van der Waals surface area (Å²) < 4.78 is 0. The van der Waals surface area contributed by atoms with Gasteiger partial charge in [0.2, 0.25) is 0 Å². The largest absolute Gasteiger partial charge is 0.387 e. The highest BCUT2D eigenvalue weighted by atomic mass is 16.3. The molecule has 3 rings (SSSR count). The van der Waals surface area contributed by atoms with Gasteiger partial charge in [0, 0.05) is 38.8 Å². The van der Waals surface area contributed by atoms with Crippen LogP contribution in [0.4, 0.5) is 0 Å². The van der Waals surface area contributed by atoms with E-state index in [0.29, 0.717) is 0 Å². The third-order valence-electron chi connectivity index (χ3n) is 5.23. The van der Waals surface area contributed by atoms with Crippen molar-refractivity contribution in [3.8, 4) is 0 Å². The number of hydrogen-bond acceptors (Lipinski definition) is 3. The molecule has 1 saturated carbocycles. The highest BCUT2D eigenvalue weighted by Crippen LogP contribution is 2.25. The van der Waals surface area contributed by atoms with Crippen molar-refractivity contribution in [1.82, 2.24) is 9.80 Å². The Morgan fingerprint density at radius 3 is 2.43 bits per heavy atom. The van der Waals surface area contributed by atoms with E-state index in [9.17, 15) is 5.11 Å². The molecule has 0 spiro atoms. The Morgan fingerprint density at radius 1 is 1.10 bits per heavy atom. The maximum atomic E-state index is 10.5. The predicted octanol–water partition coefficient (Wildman–Crippen LogP) is 2.59. The van der Waals surface area contributed by atoms with Crippen LogP contribution in [0.3, 0.4) is 0 Å².